The van der Waals surface area contributed by atoms with Crippen molar-refractivity contribution >= 4 is 51.5 Å². The molecule has 7 nitrogen and oxygen atoms in total. The molecule has 0 spiro atoms. The van der Waals surface area contributed by atoms with E-state index in [0.717, 1.165) is 27.9 Å². The van der Waals surface area contributed by atoms with Crippen LogP contribution in [-0.4, -0.2) is 57.0 Å². The lowest BCUT2D eigenvalue weighted by Crippen LogP contribution is -2.48. The number of halogens is 1. The lowest BCUT2D eigenvalue weighted by atomic mass is 10.3. The number of piperazine rings is 1. The van der Waals surface area contributed by atoms with Gasteiger partial charge in [-0.15, -0.1) is 34.0 Å². The van der Waals surface area contributed by atoms with E-state index in [0.29, 0.717) is 41.4 Å². The number of hydrogen-bond acceptors (Lipinski definition) is 9. The average Bonchev–Trinajstić information content (AvgIpc) is 3.54. The van der Waals surface area contributed by atoms with Crippen molar-refractivity contribution in [3.05, 3.63) is 50.9 Å². The number of thiazole rings is 1. The molecule has 4 aromatic heterocycles. The van der Waals surface area contributed by atoms with Gasteiger partial charge in [0.15, 0.2) is 0 Å². The van der Waals surface area contributed by atoms with Crippen LogP contribution in [0.1, 0.15) is 16.4 Å². The minimum absolute atomic E-state index is 0.0300. The van der Waals surface area contributed by atoms with Gasteiger partial charge in [0.1, 0.15) is 10.7 Å². The number of amides is 1. The third-order valence-electron chi connectivity index (χ3n) is 4.74. The molecule has 0 atom stereocenters. The number of carbonyl (C=O) groups is 1. The average molecular weight is 478 g/mol. The minimum Gasteiger partial charge on any atom is -0.338 e. The van der Waals surface area contributed by atoms with Crippen molar-refractivity contribution < 1.29 is 9.32 Å². The fraction of sp³-hybridized carbons (Fsp3) is 0.263. The van der Waals surface area contributed by atoms with E-state index in [1.807, 2.05) is 39.9 Å². The van der Waals surface area contributed by atoms with Crippen molar-refractivity contribution in [3.63, 3.8) is 0 Å². The van der Waals surface area contributed by atoms with Gasteiger partial charge in [0, 0.05) is 31.6 Å². The van der Waals surface area contributed by atoms with Crippen LogP contribution in [0.5, 0.6) is 0 Å². The van der Waals surface area contributed by atoms with Crippen LogP contribution in [0.15, 0.2) is 39.5 Å². The lowest BCUT2D eigenvalue weighted by Gasteiger charge is -2.33. The standard InChI is InChI=1S/C19H16ClN5O2S3/c20-15-4-3-14(30-15)18-21-12(11-29-18)19(26)25-7-5-24(6-8-25)10-16-22-17(23-27-16)13-2-1-9-28-13/h1-4,9,11H,5-8,10H2. The van der Waals surface area contributed by atoms with Gasteiger partial charge in [0.2, 0.25) is 11.7 Å². The van der Waals surface area contributed by atoms with E-state index < -0.39 is 0 Å². The van der Waals surface area contributed by atoms with Crippen molar-refractivity contribution in [1.29, 1.82) is 0 Å². The summed E-state index contributed by atoms with van der Waals surface area (Å²) in [7, 11) is 0. The van der Waals surface area contributed by atoms with Gasteiger partial charge in [-0.3, -0.25) is 9.69 Å². The Morgan fingerprint density at radius 2 is 1.97 bits per heavy atom. The van der Waals surface area contributed by atoms with Crippen molar-refractivity contribution in [3.8, 4) is 20.6 Å². The molecule has 1 amide bonds. The summed E-state index contributed by atoms with van der Waals surface area (Å²) < 4.78 is 6.10. The van der Waals surface area contributed by atoms with Gasteiger partial charge in [-0.2, -0.15) is 4.98 Å². The first-order valence-corrected chi connectivity index (χ1v) is 12.2. The SMILES string of the molecule is O=C(c1csc(-c2ccc(Cl)s2)n1)N1CCN(Cc2nc(-c3cccs3)no2)CC1. The van der Waals surface area contributed by atoms with Gasteiger partial charge >= 0.3 is 0 Å². The minimum atomic E-state index is -0.0300. The van der Waals surface area contributed by atoms with Crippen molar-refractivity contribution in [2.45, 2.75) is 6.54 Å². The lowest BCUT2D eigenvalue weighted by molar-refractivity contribution is 0.0610. The Kier molecular flexibility index (Phi) is 5.66. The second-order valence-electron chi connectivity index (χ2n) is 6.70. The first kappa shape index (κ1) is 19.8. The van der Waals surface area contributed by atoms with Gasteiger partial charge in [-0.05, 0) is 23.6 Å². The third kappa shape index (κ3) is 4.19. The highest BCUT2D eigenvalue weighted by atomic mass is 35.5. The van der Waals surface area contributed by atoms with Crippen LogP contribution >= 0.6 is 45.6 Å². The van der Waals surface area contributed by atoms with E-state index in [4.69, 9.17) is 16.1 Å². The quantitative estimate of drug-likeness (QED) is 0.418. The molecule has 1 aliphatic rings. The number of aromatic nitrogens is 3. The van der Waals surface area contributed by atoms with Crippen LogP contribution in [0.25, 0.3) is 20.6 Å². The zero-order valence-electron chi connectivity index (χ0n) is 15.7. The van der Waals surface area contributed by atoms with Gasteiger partial charge in [-0.25, -0.2) is 4.98 Å². The summed E-state index contributed by atoms with van der Waals surface area (Å²) in [6, 6.07) is 7.71. The number of hydrogen-bond donors (Lipinski definition) is 0. The Hall–Kier alpha value is -2.11. The molecule has 11 heteroatoms. The summed E-state index contributed by atoms with van der Waals surface area (Å²) >= 11 is 10.5. The van der Waals surface area contributed by atoms with E-state index in [9.17, 15) is 4.79 Å². The van der Waals surface area contributed by atoms with Crippen LogP contribution in [-0.2, 0) is 6.54 Å². The van der Waals surface area contributed by atoms with E-state index in [1.54, 1.807) is 11.3 Å². The summed E-state index contributed by atoms with van der Waals surface area (Å²) in [4.78, 5) is 27.9. The Morgan fingerprint density at radius 3 is 2.70 bits per heavy atom. The molecule has 0 aliphatic carbocycles. The van der Waals surface area contributed by atoms with Gasteiger partial charge in [0.25, 0.3) is 5.91 Å². The normalized spacial score (nSPS) is 15.0. The summed E-state index contributed by atoms with van der Waals surface area (Å²) in [6.45, 7) is 3.37. The van der Waals surface area contributed by atoms with Crippen LogP contribution in [0.3, 0.4) is 0 Å². The highest BCUT2D eigenvalue weighted by Gasteiger charge is 2.25. The second-order valence-corrected chi connectivity index (χ2v) is 10.2. The predicted octanol–water partition coefficient (Wildman–Crippen LogP) is 4.59. The predicted molar refractivity (Wildman–Crippen MR) is 119 cm³/mol. The molecule has 30 heavy (non-hydrogen) atoms. The smallest absolute Gasteiger partial charge is 0.273 e. The van der Waals surface area contributed by atoms with Crippen molar-refractivity contribution in [2.24, 2.45) is 0 Å². The monoisotopic (exact) mass is 477 g/mol. The molecule has 5 heterocycles. The molecular weight excluding hydrogens is 462 g/mol. The van der Waals surface area contributed by atoms with Crippen molar-refractivity contribution in [1.82, 2.24) is 24.9 Å². The van der Waals surface area contributed by atoms with Crippen LogP contribution in [0.4, 0.5) is 0 Å². The van der Waals surface area contributed by atoms with Gasteiger partial charge < -0.3 is 9.42 Å². The molecule has 4 aromatic rings. The number of nitrogens with zero attached hydrogens (tertiary/aromatic N) is 5. The Morgan fingerprint density at radius 1 is 1.10 bits per heavy atom. The molecule has 0 unspecified atom stereocenters. The number of rotatable bonds is 5. The summed E-state index contributed by atoms with van der Waals surface area (Å²) in [5, 5.41) is 8.69. The maximum absolute atomic E-state index is 12.8. The number of thiophene rings is 2. The Bertz CT molecular complexity index is 1140. The highest BCUT2D eigenvalue weighted by molar-refractivity contribution is 7.23. The maximum atomic E-state index is 12.8. The zero-order chi connectivity index (χ0) is 20.5. The summed E-state index contributed by atoms with van der Waals surface area (Å²) in [5.41, 5.74) is 0.491. The molecule has 0 bridgehead atoms. The second kappa shape index (κ2) is 8.56. The van der Waals surface area contributed by atoms with E-state index >= 15 is 0 Å². The Labute approximate surface area is 189 Å². The molecule has 0 saturated carbocycles. The third-order valence-corrected chi connectivity index (χ3v) is 7.84. The molecule has 1 aliphatic heterocycles. The van der Waals surface area contributed by atoms with Gasteiger partial charge in [0.05, 0.1) is 20.6 Å². The van der Waals surface area contributed by atoms with E-state index in [2.05, 4.69) is 20.0 Å². The molecule has 0 radical (unpaired) electrons. The molecule has 5 rings (SSSR count). The molecule has 1 saturated heterocycles. The maximum Gasteiger partial charge on any atom is 0.273 e. The zero-order valence-corrected chi connectivity index (χ0v) is 18.9. The first-order chi connectivity index (χ1) is 14.7. The summed E-state index contributed by atoms with van der Waals surface area (Å²) in [5.74, 6) is 1.19. The van der Waals surface area contributed by atoms with Crippen LogP contribution < -0.4 is 0 Å². The number of carbonyl (C=O) groups excluding carboxylic acids is 1. The molecule has 154 valence electrons. The Balaban J connectivity index is 1.17. The first-order valence-electron chi connectivity index (χ1n) is 9.25. The fourth-order valence-corrected chi connectivity index (χ4v) is 5.76. The van der Waals surface area contributed by atoms with E-state index in [1.165, 1.54) is 22.7 Å². The van der Waals surface area contributed by atoms with E-state index in [-0.39, 0.29) is 5.91 Å². The summed E-state index contributed by atoms with van der Waals surface area (Å²) in [6.07, 6.45) is 0. The van der Waals surface area contributed by atoms with Crippen LogP contribution in [0.2, 0.25) is 4.34 Å². The highest BCUT2D eigenvalue weighted by Crippen LogP contribution is 2.33. The largest absolute Gasteiger partial charge is 0.338 e. The van der Waals surface area contributed by atoms with Gasteiger partial charge in [-0.1, -0.05) is 22.8 Å². The fourth-order valence-electron chi connectivity index (χ4n) is 3.20. The molecule has 0 N–H and O–H groups in total. The van der Waals surface area contributed by atoms with Crippen molar-refractivity contribution in [2.75, 3.05) is 26.2 Å². The molecule has 0 aromatic carbocycles. The topological polar surface area (TPSA) is 75.4 Å². The molecular formula is C19H16ClN5O2S3. The van der Waals surface area contributed by atoms with Crippen LogP contribution in [0, 0.1) is 0 Å². The molecule has 1 fully saturated rings.